The molecule has 2 rings (SSSR count). The molecule has 148 valence electrons. The van der Waals surface area contributed by atoms with E-state index in [-0.39, 0.29) is 27.1 Å². The Labute approximate surface area is 158 Å². The Balaban J connectivity index is 2.34. The topological polar surface area (TPSA) is 110 Å². The van der Waals surface area contributed by atoms with Crippen LogP contribution in [0.5, 0.6) is 0 Å². The summed E-state index contributed by atoms with van der Waals surface area (Å²) in [4.78, 5) is 12.4. The Morgan fingerprint density at radius 3 is 2.54 bits per heavy atom. The van der Waals surface area contributed by atoms with Gasteiger partial charge in [0.2, 0.25) is 0 Å². The van der Waals surface area contributed by atoms with E-state index >= 15 is 0 Å². The van der Waals surface area contributed by atoms with E-state index in [1.165, 1.54) is 0 Å². The van der Waals surface area contributed by atoms with Gasteiger partial charge in [0, 0.05) is 25.8 Å². The second-order valence-electron chi connectivity index (χ2n) is 7.08. The van der Waals surface area contributed by atoms with Gasteiger partial charge in [-0.05, 0) is 39.7 Å². The van der Waals surface area contributed by atoms with E-state index in [0.717, 1.165) is 10.4 Å². The van der Waals surface area contributed by atoms with E-state index in [1.54, 1.807) is 27.9 Å². The maximum absolute atomic E-state index is 12.8. The molecule has 2 heterocycles. The summed E-state index contributed by atoms with van der Waals surface area (Å²) in [6.07, 6.45) is 1.22. The number of hydrogen-bond acceptors (Lipinski definition) is 7. The number of unbranched alkanes of at least 4 members (excludes halogenated alkanes) is 1. The normalized spacial score (nSPS) is 18.1. The first-order valence-corrected chi connectivity index (χ1v) is 11.8. The van der Waals surface area contributed by atoms with Crippen molar-refractivity contribution in [3.8, 4) is 0 Å². The fourth-order valence-corrected chi connectivity index (χ4v) is 7.65. The summed E-state index contributed by atoms with van der Waals surface area (Å²) in [6, 6.07) is 1.16. The minimum Gasteiger partial charge on any atom is -0.385 e. The van der Waals surface area contributed by atoms with Gasteiger partial charge in [-0.25, -0.2) is 21.6 Å². The summed E-state index contributed by atoms with van der Waals surface area (Å²) in [5.74, 6) is -0.393. The predicted molar refractivity (Wildman–Crippen MR) is 98.6 cm³/mol. The van der Waals surface area contributed by atoms with Crippen LogP contribution in [0.15, 0.2) is 14.5 Å². The van der Waals surface area contributed by atoms with Gasteiger partial charge in [-0.15, -0.1) is 11.3 Å². The van der Waals surface area contributed by atoms with Crippen LogP contribution in [0.3, 0.4) is 0 Å². The van der Waals surface area contributed by atoms with E-state index in [1.807, 2.05) is 0 Å². The van der Waals surface area contributed by atoms with Crippen LogP contribution in [-0.2, 0) is 24.8 Å². The lowest BCUT2D eigenvalue weighted by Crippen LogP contribution is -2.40. The number of Topliss-reactive ketones (excluding diaryl/α,β-unsaturated/α-hetero) is 1. The van der Waals surface area contributed by atoms with Gasteiger partial charge in [-0.1, -0.05) is 0 Å². The molecule has 0 aliphatic carbocycles. The third-order valence-corrected chi connectivity index (χ3v) is 9.30. The Morgan fingerprint density at radius 2 is 1.96 bits per heavy atom. The third-order valence-electron chi connectivity index (χ3n) is 3.58. The number of nitrogens with one attached hydrogen (secondary N) is 1. The molecule has 26 heavy (non-hydrogen) atoms. The quantitative estimate of drug-likeness (QED) is 0.663. The predicted octanol–water partition coefficient (Wildman–Crippen LogP) is 1.44. The second kappa shape index (κ2) is 7.64. The van der Waals surface area contributed by atoms with E-state index in [4.69, 9.17) is 4.74 Å². The molecule has 0 aromatic carbocycles. The lowest BCUT2D eigenvalue weighted by Gasteiger charge is -2.25. The third kappa shape index (κ3) is 4.70. The van der Waals surface area contributed by atoms with Gasteiger partial charge >= 0.3 is 0 Å². The molecular weight excluding hydrogens is 400 g/mol. The lowest BCUT2D eigenvalue weighted by molar-refractivity contribution is 0.0955. The van der Waals surface area contributed by atoms with Crippen molar-refractivity contribution in [1.29, 1.82) is 0 Å². The van der Waals surface area contributed by atoms with Gasteiger partial charge in [0.15, 0.2) is 5.78 Å². The molecule has 0 amide bonds. The highest BCUT2D eigenvalue weighted by Gasteiger charge is 2.39. The summed E-state index contributed by atoms with van der Waals surface area (Å²) in [7, 11) is -6.24. The number of carbonyl (C=O) groups excluding carboxylic acids is 1. The minimum absolute atomic E-state index is 0.0441. The molecule has 1 N–H and O–H groups in total. The minimum atomic E-state index is -3.91. The largest absolute Gasteiger partial charge is 0.385 e. The highest BCUT2D eigenvalue weighted by molar-refractivity contribution is 7.94. The van der Waals surface area contributed by atoms with Crippen molar-refractivity contribution in [1.82, 2.24) is 9.03 Å². The molecule has 1 aliphatic heterocycles. The number of thiophene rings is 1. The number of methoxy groups -OCH3 is 1. The average Bonchev–Trinajstić information content (AvgIpc) is 2.94. The van der Waals surface area contributed by atoms with E-state index in [9.17, 15) is 21.6 Å². The highest BCUT2D eigenvalue weighted by Crippen LogP contribution is 2.36. The number of hydrogen-bond donors (Lipinski definition) is 1. The highest BCUT2D eigenvalue weighted by atomic mass is 32.3. The molecule has 0 saturated heterocycles. The summed E-state index contributed by atoms with van der Waals surface area (Å²) < 4.78 is 58.6. The van der Waals surface area contributed by atoms with Crippen molar-refractivity contribution in [2.24, 2.45) is 0 Å². The number of ketones is 1. The smallest absolute Gasteiger partial charge is 0.253 e. The summed E-state index contributed by atoms with van der Waals surface area (Å²) in [5, 5.41) is 0. The number of sulfonamides is 2. The van der Waals surface area contributed by atoms with E-state index < -0.39 is 31.4 Å². The summed E-state index contributed by atoms with van der Waals surface area (Å²) >= 11 is 0.616. The zero-order valence-electron chi connectivity index (χ0n) is 15.2. The molecule has 1 aliphatic rings. The van der Waals surface area contributed by atoms with Gasteiger partial charge in [0.1, 0.15) is 8.42 Å². The monoisotopic (exact) mass is 424 g/mol. The molecule has 0 radical (unpaired) electrons. The van der Waals surface area contributed by atoms with Crippen molar-refractivity contribution in [2.75, 3.05) is 26.8 Å². The molecule has 11 heteroatoms. The van der Waals surface area contributed by atoms with Crippen molar-refractivity contribution >= 4 is 37.2 Å². The van der Waals surface area contributed by atoms with Crippen molar-refractivity contribution in [3.63, 3.8) is 0 Å². The number of carbonyl (C=O) groups is 1. The Kier molecular flexibility index (Phi) is 6.31. The van der Waals surface area contributed by atoms with Crippen LogP contribution in [0.2, 0.25) is 0 Å². The molecule has 1 aromatic heterocycles. The fourth-order valence-electron chi connectivity index (χ4n) is 2.51. The lowest BCUT2D eigenvalue weighted by atomic mass is 10.1. The number of nitrogens with zero attached hydrogens (tertiary/aromatic N) is 1. The van der Waals surface area contributed by atoms with Crippen LogP contribution in [0.4, 0.5) is 0 Å². The number of rotatable bonds is 7. The molecule has 0 fully saturated rings. The molecule has 0 bridgehead atoms. The average molecular weight is 425 g/mol. The van der Waals surface area contributed by atoms with Gasteiger partial charge < -0.3 is 4.74 Å². The maximum Gasteiger partial charge on any atom is 0.253 e. The van der Waals surface area contributed by atoms with Gasteiger partial charge in [-0.2, -0.15) is 4.31 Å². The Morgan fingerprint density at radius 1 is 1.31 bits per heavy atom. The van der Waals surface area contributed by atoms with Crippen LogP contribution in [0.25, 0.3) is 0 Å². The van der Waals surface area contributed by atoms with Gasteiger partial charge in [0.25, 0.3) is 20.0 Å². The number of ether oxygens (including phenoxy) is 1. The van der Waals surface area contributed by atoms with Crippen LogP contribution in [-0.4, -0.2) is 59.3 Å². The van der Waals surface area contributed by atoms with Crippen molar-refractivity contribution in [2.45, 2.75) is 47.6 Å². The second-order valence-corrected chi connectivity index (χ2v) is 12.2. The van der Waals surface area contributed by atoms with Crippen LogP contribution in [0.1, 0.15) is 44.0 Å². The fraction of sp³-hybridized carbons (Fsp3) is 0.667. The maximum atomic E-state index is 12.8. The Bertz CT molecular complexity index is 881. The summed E-state index contributed by atoms with van der Waals surface area (Å²) in [5.41, 5.74) is -0.767. The summed E-state index contributed by atoms with van der Waals surface area (Å²) in [6.45, 7) is 5.47. The molecule has 0 unspecified atom stereocenters. The van der Waals surface area contributed by atoms with E-state index in [0.29, 0.717) is 30.8 Å². The molecule has 0 atom stereocenters. The van der Waals surface area contributed by atoms with Gasteiger partial charge in [-0.3, -0.25) is 4.79 Å². The molecule has 0 saturated carbocycles. The first kappa shape index (κ1) is 21.5. The van der Waals surface area contributed by atoms with Crippen LogP contribution in [0, 0.1) is 0 Å². The van der Waals surface area contributed by atoms with Crippen molar-refractivity contribution in [3.05, 3.63) is 11.6 Å². The zero-order valence-corrected chi connectivity index (χ0v) is 17.7. The van der Waals surface area contributed by atoms with Crippen LogP contribution >= 0.6 is 11.3 Å². The van der Waals surface area contributed by atoms with Gasteiger partial charge in [0.05, 0.1) is 12.1 Å². The van der Waals surface area contributed by atoms with Crippen LogP contribution < -0.4 is 4.72 Å². The Hall–Kier alpha value is -0.850. The molecule has 1 aromatic rings. The standard InChI is InChI=1S/C15H24N2O6S3/c1-15(2,3)16-25(19,20)13-9-11-12(18)10-17(7-5-6-8-23-4)26(21,22)14(11)24-13/h9,16H,5-8,10H2,1-4H3. The first-order chi connectivity index (χ1) is 11.9. The van der Waals surface area contributed by atoms with Crippen molar-refractivity contribution < 1.29 is 26.4 Å². The first-order valence-electron chi connectivity index (χ1n) is 8.08. The van der Waals surface area contributed by atoms with E-state index in [2.05, 4.69) is 4.72 Å². The molecule has 8 nitrogen and oxygen atoms in total. The zero-order chi connectivity index (χ0) is 19.8. The SMILES string of the molecule is COCCCCN1CC(=O)c2cc(S(=O)(=O)NC(C)(C)C)sc2S1(=O)=O. The molecular formula is C15H24N2O6S3. The molecule has 0 spiro atoms. The number of fused-ring (bicyclic) bond motifs is 1.